The zero-order valence-corrected chi connectivity index (χ0v) is 11.2. The maximum Gasteiger partial charge on any atom is 0.164 e. The Hall–Kier alpha value is -1.83. The van der Waals surface area contributed by atoms with Gasteiger partial charge in [-0.2, -0.15) is 0 Å². The van der Waals surface area contributed by atoms with Gasteiger partial charge in [0.15, 0.2) is 5.78 Å². The zero-order valence-electron chi connectivity index (χ0n) is 11.2. The number of Topliss-reactive ketones (excluding diaryl/α,β-unsaturated/α-hetero) is 1. The summed E-state index contributed by atoms with van der Waals surface area (Å²) < 4.78 is 2.06. The van der Waals surface area contributed by atoms with E-state index < -0.39 is 0 Å². The molecule has 0 atom stereocenters. The van der Waals surface area contributed by atoms with E-state index >= 15 is 0 Å². The fourth-order valence-corrected chi connectivity index (χ4v) is 2.02. The highest BCUT2D eigenvalue weighted by Crippen LogP contribution is 2.12. The number of ketones is 1. The van der Waals surface area contributed by atoms with Crippen molar-refractivity contribution in [1.29, 1.82) is 0 Å². The fourth-order valence-electron chi connectivity index (χ4n) is 2.02. The second kappa shape index (κ2) is 5.21. The van der Waals surface area contributed by atoms with Crippen LogP contribution in [0.1, 0.15) is 40.4 Å². The van der Waals surface area contributed by atoms with Gasteiger partial charge in [0.05, 0.1) is 0 Å². The SMILES string of the molecule is CCC(=O)c1ccn(Cc2ccc(C)c(C)c2)c1. The van der Waals surface area contributed by atoms with Crippen molar-refractivity contribution in [2.75, 3.05) is 0 Å². The maximum atomic E-state index is 11.6. The molecule has 0 saturated carbocycles. The number of hydrogen-bond acceptors (Lipinski definition) is 1. The van der Waals surface area contributed by atoms with Gasteiger partial charge in [-0.25, -0.2) is 0 Å². The van der Waals surface area contributed by atoms with Gasteiger partial charge in [-0.3, -0.25) is 4.79 Å². The number of carbonyl (C=O) groups is 1. The lowest BCUT2D eigenvalue weighted by molar-refractivity contribution is 0.0988. The normalized spacial score (nSPS) is 10.6. The second-order valence-corrected chi connectivity index (χ2v) is 4.77. The number of benzene rings is 1. The molecule has 2 aromatic rings. The molecule has 18 heavy (non-hydrogen) atoms. The minimum absolute atomic E-state index is 0.203. The van der Waals surface area contributed by atoms with Crippen molar-refractivity contribution in [3.05, 3.63) is 58.9 Å². The van der Waals surface area contributed by atoms with Crippen molar-refractivity contribution >= 4 is 5.78 Å². The van der Waals surface area contributed by atoms with Crippen LogP contribution in [-0.4, -0.2) is 10.4 Å². The van der Waals surface area contributed by atoms with Gasteiger partial charge in [0.25, 0.3) is 0 Å². The van der Waals surface area contributed by atoms with Crippen LogP contribution in [0, 0.1) is 13.8 Å². The summed E-state index contributed by atoms with van der Waals surface area (Å²) in [6.45, 7) is 6.95. The smallest absolute Gasteiger partial charge is 0.164 e. The Kier molecular flexibility index (Phi) is 3.66. The number of aryl methyl sites for hydroxylation is 2. The van der Waals surface area contributed by atoms with E-state index in [0.717, 1.165) is 12.1 Å². The number of nitrogens with zero attached hydrogens (tertiary/aromatic N) is 1. The second-order valence-electron chi connectivity index (χ2n) is 4.77. The third-order valence-corrected chi connectivity index (χ3v) is 3.33. The van der Waals surface area contributed by atoms with Crippen LogP contribution in [0.5, 0.6) is 0 Å². The van der Waals surface area contributed by atoms with Gasteiger partial charge in [-0.15, -0.1) is 0 Å². The molecule has 2 heteroatoms. The maximum absolute atomic E-state index is 11.6. The Morgan fingerprint density at radius 1 is 1.17 bits per heavy atom. The third kappa shape index (κ3) is 2.70. The Morgan fingerprint density at radius 2 is 1.94 bits per heavy atom. The predicted octanol–water partition coefficient (Wildman–Crippen LogP) is 3.75. The van der Waals surface area contributed by atoms with E-state index in [1.165, 1.54) is 16.7 Å². The topological polar surface area (TPSA) is 22.0 Å². The highest BCUT2D eigenvalue weighted by molar-refractivity contribution is 5.95. The molecule has 0 fully saturated rings. The first-order valence-corrected chi connectivity index (χ1v) is 6.35. The molecule has 0 unspecified atom stereocenters. The molecule has 0 aliphatic rings. The minimum atomic E-state index is 0.203. The van der Waals surface area contributed by atoms with Crippen molar-refractivity contribution in [2.24, 2.45) is 0 Å². The molecule has 0 spiro atoms. The van der Waals surface area contributed by atoms with E-state index in [1.807, 2.05) is 25.4 Å². The molecule has 0 saturated heterocycles. The molecule has 0 amide bonds. The van der Waals surface area contributed by atoms with Gasteiger partial charge in [-0.05, 0) is 36.6 Å². The van der Waals surface area contributed by atoms with E-state index in [1.54, 1.807) is 0 Å². The van der Waals surface area contributed by atoms with E-state index in [2.05, 4.69) is 36.6 Å². The molecule has 2 nitrogen and oxygen atoms in total. The van der Waals surface area contributed by atoms with Crippen LogP contribution in [-0.2, 0) is 6.54 Å². The molecular weight excluding hydrogens is 222 g/mol. The average molecular weight is 241 g/mol. The molecule has 1 aromatic carbocycles. The van der Waals surface area contributed by atoms with Crippen molar-refractivity contribution in [2.45, 2.75) is 33.7 Å². The Labute approximate surface area is 108 Å². The minimum Gasteiger partial charge on any atom is -0.349 e. The van der Waals surface area contributed by atoms with Gasteiger partial charge in [0.1, 0.15) is 0 Å². The Balaban J connectivity index is 2.16. The van der Waals surface area contributed by atoms with Crippen LogP contribution in [0.15, 0.2) is 36.7 Å². The van der Waals surface area contributed by atoms with Crippen LogP contribution in [0.4, 0.5) is 0 Å². The lowest BCUT2D eigenvalue weighted by Crippen LogP contribution is -1.99. The Morgan fingerprint density at radius 3 is 2.61 bits per heavy atom. The summed E-state index contributed by atoms with van der Waals surface area (Å²) in [6, 6.07) is 8.39. The standard InChI is InChI=1S/C16H19NO/c1-4-16(18)15-7-8-17(11-15)10-14-6-5-12(2)13(3)9-14/h5-9,11H,4,10H2,1-3H3. The molecule has 2 rings (SSSR count). The molecule has 1 heterocycles. The van der Waals surface area contributed by atoms with Crippen molar-refractivity contribution in [3.8, 4) is 0 Å². The Bertz CT molecular complexity index is 566. The van der Waals surface area contributed by atoms with E-state index in [9.17, 15) is 4.79 Å². The summed E-state index contributed by atoms with van der Waals surface area (Å²) in [5.74, 6) is 0.203. The number of hydrogen-bond donors (Lipinski definition) is 0. The number of carbonyl (C=O) groups excluding carboxylic acids is 1. The molecule has 0 N–H and O–H groups in total. The first kappa shape index (κ1) is 12.6. The summed E-state index contributed by atoms with van der Waals surface area (Å²) in [5, 5.41) is 0. The highest BCUT2D eigenvalue weighted by atomic mass is 16.1. The predicted molar refractivity (Wildman–Crippen MR) is 74.1 cm³/mol. The largest absolute Gasteiger partial charge is 0.349 e. The molecule has 0 bridgehead atoms. The van der Waals surface area contributed by atoms with Gasteiger partial charge in [0.2, 0.25) is 0 Å². The summed E-state index contributed by atoms with van der Waals surface area (Å²) in [7, 11) is 0. The first-order valence-electron chi connectivity index (χ1n) is 6.35. The molecular formula is C16H19NO. The third-order valence-electron chi connectivity index (χ3n) is 3.33. The first-order chi connectivity index (χ1) is 8.60. The van der Waals surface area contributed by atoms with Gasteiger partial charge < -0.3 is 4.57 Å². The summed E-state index contributed by atoms with van der Waals surface area (Å²) in [4.78, 5) is 11.6. The van der Waals surface area contributed by atoms with Gasteiger partial charge >= 0.3 is 0 Å². The molecule has 1 aromatic heterocycles. The lowest BCUT2D eigenvalue weighted by Gasteiger charge is -2.06. The quantitative estimate of drug-likeness (QED) is 0.747. The average Bonchev–Trinajstić information content (AvgIpc) is 2.81. The molecule has 0 radical (unpaired) electrons. The van der Waals surface area contributed by atoms with Crippen molar-refractivity contribution < 1.29 is 4.79 Å². The summed E-state index contributed by atoms with van der Waals surface area (Å²) in [5.41, 5.74) is 4.70. The number of aromatic nitrogens is 1. The van der Waals surface area contributed by atoms with Crippen LogP contribution in [0.25, 0.3) is 0 Å². The number of rotatable bonds is 4. The van der Waals surface area contributed by atoms with Crippen molar-refractivity contribution in [1.82, 2.24) is 4.57 Å². The van der Waals surface area contributed by atoms with E-state index in [4.69, 9.17) is 0 Å². The monoisotopic (exact) mass is 241 g/mol. The van der Waals surface area contributed by atoms with Crippen molar-refractivity contribution in [3.63, 3.8) is 0 Å². The van der Waals surface area contributed by atoms with E-state index in [-0.39, 0.29) is 5.78 Å². The summed E-state index contributed by atoms with van der Waals surface area (Å²) in [6.07, 6.45) is 4.47. The highest BCUT2D eigenvalue weighted by Gasteiger charge is 2.05. The lowest BCUT2D eigenvalue weighted by atomic mass is 10.1. The van der Waals surface area contributed by atoms with E-state index in [0.29, 0.717) is 6.42 Å². The molecule has 0 aliphatic heterocycles. The fraction of sp³-hybridized carbons (Fsp3) is 0.312. The van der Waals surface area contributed by atoms with Crippen LogP contribution in [0.2, 0.25) is 0 Å². The van der Waals surface area contributed by atoms with Gasteiger partial charge in [0, 0.05) is 30.9 Å². The molecule has 0 aliphatic carbocycles. The van der Waals surface area contributed by atoms with Gasteiger partial charge in [-0.1, -0.05) is 25.1 Å². The molecule has 94 valence electrons. The summed E-state index contributed by atoms with van der Waals surface area (Å²) >= 11 is 0. The van der Waals surface area contributed by atoms with Crippen LogP contribution < -0.4 is 0 Å². The van der Waals surface area contributed by atoms with Crippen LogP contribution >= 0.6 is 0 Å². The zero-order chi connectivity index (χ0) is 13.1. The van der Waals surface area contributed by atoms with Crippen LogP contribution in [0.3, 0.4) is 0 Å².